The van der Waals surface area contributed by atoms with Crippen molar-refractivity contribution in [3.8, 4) is 11.5 Å². The van der Waals surface area contributed by atoms with E-state index in [1.807, 2.05) is 0 Å². The standard InChI is InChI=1S/C13H16N2O4/c14-12(18)8-2-1-5-15(7-8)13(19)10-6-9(16)3-4-11(10)17/h3-4,6,8,16-17H,1-2,5,7H2,(H2,14,18). The molecule has 1 atom stereocenters. The van der Waals surface area contributed by atoms with Crippen LogP contribution in [-0.2, 0) is 4.79 Å². The van der Waals surface area contributed by atoms with Gasteiger partial charge in [0, 0.05) is 13.1 Å². The molecule has 1 aromatic rings. The summed E-state index contributed by atoms with van der Waals surface area (Å²) in [5.74, 6) is -1.46. The lowest BCUT2D eigenvalue weighted by atomic mass is 9.97. The molecule has 6 nitrogen and oxygen atoms in total. The summed E-state index contributed by atoms with van der Waals surface area (Å²) in [7, 11) is 0. The molecule has 102 valence electrons. The molecule has 4 N–H and O–H groups in total. The lowest BCUT2D eigenvalue weighted by Gasteiger charge is -2.31. The average molecular weight is 264 g/mol. The van der Waals surface area contributed by atoms with Crippen LogP contribution in [0.15, 0.2) is 18.2 Å². The van der Waals surface area contributed by atoms with Crippen LogP contribution < -0.4 is 5.73 Å². The number of hydrogen-bond donors (Lipinski definition) is 3. The summed E-state index contributed by atoms with van der Waals surface area (Å²) in [6.45, 7) is 0.765. The van der Waals surface area contributed by atoms with Crippen LogP contribution in [0.1, 0.15) is 23.2 Å². The van der Waals surface area contributed by atoms with Gasteiger partial charge in [-0.15, -0.1) is 0 Å². The van der Waals surface area contributed by atoms with Crippen LogP contribution >= 0.6 is 0 Å². The van der Waals surface area contributed by atoms with Gasteiger partial charge < -0.3 is 20.8 Å². The van der Waals surface area contributed by atoms with Crippen molar-refractivity contribution in [2.75, 3.05) is 13.1 Å². The Morgan fingerprint density at radius 1 is 1.32 bits per heavy atom. The molecule has 1 aliphatic rings. The lowest BCUT2D eigenvalue weighted by molar-refractivity contribution is -0.123. The molecule has 0 bridgehead atoms. The molecule has 0 aliphatic carbocycles. The van der Waals surface area contributed by atoms with Crippen LogP contribution in [0.5, 0.6) is 11.5 Å². The van der Waals surface area contributed by atoms with Gasteiger partial charge in [0.2, 0.25) is 5.91 Å². The topological polar surface area (TPSA) is 104 Å². The van der Waals surface area contributed by atoms with E-state index in [2.05, 4.69) is 0 Å². The van der Waals surface area contributed by atoms with Gasteiger partial charge >= 0.3 is 0 Å². The first kappa shape index (κ1) is 13.2. The zero-order valence-electron chi connectivity index (χ0n) is 10.4. The number of amides is 2. The molecule has 2 amide bonds. The minimum Gasteiger partial charge on any atom is -0.508 e. The van der Waals surface area contributed by atoms with Crippen molar-refractivity contribution >= 4 is 11.8 Å². The number of benzene rings is 1. The van der Waals surface area contributed by atoms with Crippen molar-refractivity contribution in [3.05, 3.63) is 23.8 Å². The summed E-state index contributed by atoms with van der Waals surface area (Å²) in [6.07, 6.45) is 1.37. The first-order chi connectivity index (χ1) is 8.99. The van der Waals surface area contributed by atoms with Gasteiger partial charge in [-0.2, -0.15) is 0 Å². The van der Waals surface area contributed by atoms with Gasteiger partial charge in [-0.3, -0.25) is 9.59 Å². The van der Waals surface area contributed by atoms with E-state index < -0.39 is 11.8 Å². The third-order valence-corrected chi connectivity index (χ3v) is 3.32. The van der Waals surface area contributed by atoms with Crippen LogP contribution in [0.4, 0.5) is 0 Å². The average Bonchev–Trinajstić information content (AvgIpc) is 2.41. The number of phenolic OH excluding ortho intramolecular Hbond substituents is 2. The zero-order chi connectivity index (χ0) is 14.0. The van der Waals surface area contributed by atoms with Crippen LogP contribution in [0.3, 0.4) is 0 Å². The number of nitrogens with zero attached hydrogens (tertiary/aromatic N) is 1. The van der Waals surface area contributed by atoms with E-state index in [-0.39, 0.29) is 29.5 Å². The van der Waals surface area contributed by atoms with E-state index in [1.165, 1.54) is 23.1 Å². The summed E-state index contributed by atoms with van der Waals surface area (Å²) >= 11 is 0. The maximum Gasteiger partial charge on any atom is 0.257 e. The first-order valence-corrected chi connectivity index (χ1v) is 6.09. The first-order valence-electron chi connectivity index (χ1n) is 6.09. The monoisotopic (exact) mass is 264 g/mol. The fraction of sp³-hybridized carbons (Fsp3) is 0.385. The summed E-state index contributed by atoms with van der Waals surface area (Å²) in [5, 5.41) is 19.0. The number of nitrogens with two attached hydrogens (primary N) is 1. The second kappa shape index (κ2) is 5.17. The van der Waals surface area contributed by atoms with Gasteiger partial charge in [-0.05, 0) is 31.0 Å². The molecule has 1 heterocycles. The molecule has 19 heavy (non-hydrogen) atoms. The number of aromatic hydroxyl groups is 2. The number of likely N-dealkylation sites (tertiary alicyclic amines) is 1. The van der Waals surface area contributed by atoms with E-state index in [1.54, 1.807) is 0 Å². The van der Waals surface area contributed by atoms with Gasteiger partial charge in [0.15, 0.2) is 0 Å². The maximum atomic E-state index is 12.2. The highest BCUT2D eigenvalue weighted by atomic mass is 16.3. The summed E-state index contributed by atoms with van der Waals surface area (Å²) < 4.78 is 0. The largest absolute Gasteiger partial charge is 0.508 e. The molecular weight excluding hydrogens is 248 g/mol. The van der Waals surface area contributed by atoms with Crippen LogP contribution in [-0.4, -0.2) is 40.0 Å². The molecule has 1 fully saturated rings. The highest BCUT2D eigenvalue weighted by Crippen LogP contribution is 2.25. The molecule has 2 rings (SSSR count). The number of rotatable bonds is 2. The van der Waals surface area contributed by atoms with Crippen molar-refractivity contribution in [1.82, 2.24) is 4.90 Å². The van der Waals surface area contributed by atoms with E-state index in [0.717, 1.165) is 0 Å². The normalized spacial score (nSPS) is 19.2. The summed E-state index contributed by atoms with van der Waals surface area (Å²) in [4.78, 5) is 24.9. The molecule has 1 unspecified atom stereocenters. The highest BCUT2D eigenvalue weighted by Gasteiger charge is 2.28. The smallest absolute Gasteiger partial charge is 0.257 e. The van der Waals surface area contributed by atoms with E-state index in [9.17, 15) is 19.8 Å². The summed E-state index contributed by atoms with van der Waals surface area (Å²) in [5.41, 5.74) is 5.29. The Hall–Kier alpha value is -2.24. The molecule has 1 aliphatic heterocycles. The third-order valence-electron chi connectivity index (χ3n) is 3.32. The lowest BCUT2D eigenvalue weighted by Crippen LogP contribution is -2.44. The van der Waals surface area contributed by atoms with Gasteiger partial charge in [0.1, 0.15) is 11.5 Å². The molecule has 1 saturated heterocycles. The quantitative estimate of drug-likeness (QED) is 0.674. The Bertz CT molecular complexity index is 515. The number of carbonyl (C=O) groups excluding carboxylic acids is 2. The second-order valence-electron chi connectivity index (χ2n) is 4.69. The SMILES string of the molecule is NC(=O)C1CCCN(C(=O)c2cc(O)ccc2O)C1. The molecule has 0 radical (unpaired) electrons. The van der Waals surface area contributed by atoms with Gasteiger partial charge in [-0.1, -0.05) is 0 Å². The molecule has 0 spiro atoms. The minimum absolute atomic E-state index is 0.0325. The van der Waals surface area contributed by atoms with E-state index >= 15 is 0 Å². The van der Waals surface area contributed by atoms with Crippen molar-refractivity contribution in [2.45, 2.75) is 12.8 Å². The highest BCUT2D eigenvalue weighted by molar-refractivity contribution is 5.97. The Labute approximate surface area is 110 Å². The zero-order valence-corrected chi connectivity index (χ0v) is 10.4. The van der Waals surface area contributed by atoms with E-state index in [0.29, 0.717) is 19.4 Å². The van der Waals surface area contributed by atoms with Crippen molar-refractivity contribution in [3.63, 3.8) is 0 Å². The Morgan fingerprint density at radius 2 is 2.05 bits per heavy atom. The molecule has 6 heteroatoms. The van der Waals surface area contributed by atoms with Crippen LogP contribution in [0.2, 0.25) is 0 Å². The fourth-order valence-corrected chi connectivity index (χ4v) is 2.26. The van der Waals surface area contributed by atoms with Crippen molar-refractivity contribution < 1.29 is 19.8 Å². The Morgan fingerprint density at radius 3 is 2.74 bits per heavy atom. The Kier molecular flexibility index (Phi) is 3.59. The van der Waals surface area contributed by atoms with Gasteiger partial charge in [-0.25, -0.2) is 0 Å². The number of phenols is 2. The van der Waals surface area contributed by atoms with Crippen LogP contribution in [0, 0.1) is 5.92 Å². The maximum absolute atomic E-state index is 12.2. The van der Waals surface area contributed by atoms with Gasteiger partial charge in [0.25, 0.3) is 5.91 Å². The number of carbonyl (C=O) groups is 2. The molecule has 1 aromatic carbocycles. The number of hydrogen-bond acceptors (Lipinski definition) is 4. The fourth-order valence-electron chi connectivity index (χ4n) is 2.26. The van der Waals surface area contributed by atoms with Crippen LogP contribution in [0.25, 0.3) is 0 Å². The van der Waals surface area contributed by atoms with Crippen molar-refractivity contribution in [1.29, 1.82) is 0 Å². The third kappa shape index (κ3) is 2.78. The second-order valence-corrected chi connectivity index (χ2v) is 4.69. The van der Waals surface area contributed by atoms with Gasteiger partial charge in [0.05, 0.1) is 11.5 Å². The molecule has 0 saturated carbocycles. The molecule has 0 aromatic heterocycles. The Balaban J connectivity index is 2.19. The van der Waals surface area contributed by atoms with E-state index in [4.69, 9.17) is 5.73 Å². The summed E-state index contributed by atoms with van der Waals surface area (Å²) in [6, 6.07) is 3.78. The number of piperidine rings is 1. The van der Waals surface area contributed by atoms with Crippen molar-refractivity contribution in [2.24, 2.45) is 11.7 Å². The minimum atomic E-state index is -0.419. The number of primary amides is 1. The molecular formula is C13H16N2O4. The predicted octanol–water partition coefficient (Wildman–Crippen LogP) is 0.435. The predicted molar refractivity (Wildman–Crippen MR) is 67.6 cm³/mol.